The number of halogens is 3. The van der Waals surface area contributed by atoms with Gasteiger partial charge < -0.3 is 10.1 Å². The fourth-order valence-corrected chi connectivity index (χ4v) is 5.32. The van der Waals surface area contributed by atoms with Crippen molar-refractivity contribution >= 4 is 47.6 Å². The first-order chi connectivity index (χ1) is 16.7. The van der Waals surface area contributed by atoms with Crippen LogP contribution in [0, 0.1) is 11.6 Å². The molecule has 0 aromatic heterocycles. The van der Waals surface area contributed by atoms with Crippen LogP contribution in [0.15, 0.2) is 46.6 Å². The number of carbonyl (C=O) groups excluding carboxylic acids is 1. The third kappa shape index (κ3) is 6.26. The molecule has 1 saturated heterocycles. The van der Waals surface area contributed by atoms with Crippen molar-refractivity contribution < 1.29 is 26.7 Å². The Labute approximate surface area is 208 Å². The molecule has 186 valence electrons. The van der Waals surface area contributed by atoms with Crippen molar-refractivity contribution in [3.05, 3.63) is 69.3 Å². The largest absolute Gasteiger partial charge is 0.418 e. The summed E-state index contributed by atoms with van der Waals surface area (Å²) in [5, 5.41) is 6.51. The number of nitrogens with one attached hydrogen (secondary N) is 2. The molecule has 4 rings (SSSR count). The lowest BCUT2D eigenvalue weighted by Gasteiger charge is -2.31. The van der Waals surface area contributed by atoms with Crippen LogP contribution in [0.2, 0.25) is 5.02 Å². The second-order valence-electron chi connectivity index (χ2n) is 7.90. The van der Waals surface area contributed by atoms with E-state index in [4.69, 9.17) is 16.3 Å². The molecule has 1 amide bonds. The lowest BCUT2D eigenvalue weighted by molar-refractivity contribution is 0.172. The van der Waals surface area contributed by atoms with Gasteiger partial charge in [0.15, 0.2) is 11.6 Å². The van der Waals surface area contributed by atoms with E-state index in [1.807, 2.05) is 0 Å². The van der Waals surface area contributed by atoms with Gasteiger partial charge in [0.2, 0.25) is 9.26 Å². The second-order valence-corrected chi connectivity index (χ2v) is 11.8. The minimum Gasteiger partial charge on any atom is -0.407 e. The maximum atomic E-state index is 14.6. The fourth-order valence-electron chi connectivity index (χ4n) is 3.50. The predicted octanol–water partition coefficient (Wildman–Crippen LogP) is 4.34. The summed E-state index contributed by atoms with van der Waals surface area (Å²) < 4.78 is 56.0. The van der Waals surface area contributed by atoms with E-state index < -0.39 is 48.2 Å². The van der Waals surface area contributed by atoms with Gasteiger partial charge in [0, 0.05) is 39.1 Å². The number of anilines is 1. The van der Waals surface area contributed by atoms with Crippen LogP contribution in [0.25, 0.3) is 0 Å². The lowest BCUT2D eigenvalue weighted by atomic mass is 10.0. The Balaban J connectivity index is 1.43. The van der Waals surface area contributed by atoms with E-state index in [0.717, 1.165) is 49.3 Å². The molecular formula is C22H21ClF2N4O4S2. The Kier molecular flexibility index (Phi) is 7.85. The van der Waals surface area contributed by atoms with Crippen LogP contribution in [0.3, 0.4) is 0 Å². The van der Waals surface area contributed by atoms with Crippen LogP contribution in [0.5, 0.6) is 5.75 Å². The first-order valence-corrected chi connectivity index (χ1v) is 13.8. The molecule has 2 atom stereocenters. The summed E-state index contributed by atoms with van der Waals surface area (Å²) >= 11 is 6.26. The molecule has 0 saturated carbocycles. The van der Waals surface area contributed by atoms with Crippen molar-refractivity contribution in [2.45, 2.75) is 25.9 Å². The second kappa shape index (κ2) is 10.9. The number of hydrogen-bond donors (Lipinski definition) is 2. The van der Waals surface area contributed by atoms with Gasteiger partial charge in [0.25, 0.3) is 0 Å². The molecule has 2 aliphatic heterocycles. The highest BCUT2D eigenvalue weighted by Crippen LogP contribution is 2.33. The minimum absolute atomic E-state index is 0.0282. The summed E-state index contributed by atoms with van der Waals surface area (Å²) in [6.07, 6.45) is 0.0915. The van der Waals surface area contributed by atoms with Gasteiger partial charge in [-0.3, -0.25) is 10.2 Å². The summed E-state index contributed by atoms with van der Waals surface area (Å²) in [5.74, 6) is -1.74. The van der Waals surface area contributed by atoms with E-state index in [9.17, 15) is 22.0 Å². The number of hydrogen-bond acceptors (Lipinski definition) is 7. The zero-order valence-electron chi connectivity index (χ0n) is 18.4. The minimum atomic E-state index is -2.40. The lowest BCUT2D eigenvalue weighted by Crippen LogP contribution is -2.36. The highest BCUT2D eigenvalue weighted by Gasteiger charge is 2.19. The summed E-state index contributed by atoms with van der Waals surface area (Å²) in [6.45, 7) is 4.52. The summed E-state index contributed by atoms with van der Waals surface area (Å²) in [6, 6.07) is 6.60. The Morgan fingerprint density at radius 1 is 1.26 bits per heavy atom. The van der Waals surface area contributed by atoms with Gasteiger partial charge in [-0.2, -0.15) is 8.42 Å². The Morgan fingerprint density at radius 2 is 2.03 bits per heavy atom. The number of ether oxygens (including phenoxy) is 1. The molecule has 2 aromatic carbocycles. The van der Waals surface area contributed by atoms with Crippen LogP contribution in [0.1, 0.15) is 30.5 Å². The van der Waals surface area contributed by atoms with E-state index in [2.05, 4.69) is 20.5 Å². The van der Waals surface area contributed by atoms with Crippen LogP contribution < -0.4 is 15.4 Å². The monoisotopic (exact) mass is 542 g/mol. The zero-order chi connectivity index (χ0) is 25.1. The van der Waals surface area contributed by atoms with E-state index in [0.29, 0.717) is 5.56 Å². The fraction of sp³-hybridized carbons (Fsp3) is 0.273. The van der Waals surface area contributed by atoms with Gasteiger partial charge in [0.05, 0.1) is 22.3 Å². The molecule has 2 N–H and O–H groups in total. The number of amides is 1. The first kappa shape index (κ1) is 25.3. The van der Waals surface area contributed by atoms with Crippen molar-refractivity contribution in [1.29, 1.82) is 0 Å². The average Bonchev–Trinajstić information content (AvgIpc) is 3.24. The molecule has 0 radical (unpaired) electrons. The quantitative estimate of drug-likeness (QED) is 0.540. The predicted molar refractivity (Wildman–Crippen MR) is 132 cm³/mol. The summed E-state index contributed by atoms with van der Waals surface area (Å²) in [7, 11) is -3.65. The number of rotatable bonds is 7. The normalized spacial score (nSPS) is 17.9. The zero-order valence-corrected chi connectivity index (χ0v) is 20.8. The Hall–Kier alpha value is -2.80. The van der Waals surface area contributed by atoms with Crippen molar-refractivity contribution in [2.24, 2.45) is 4.99 Å². The molecular weight excluding hydrogens is 522 g/mol. The molecule has 2 aromatic rings. The Bertz CT molecular complexity index is 1370. The van der Waals surface area contributed by atoms with Crippen molar-refractivity contribution in [1.82, 2.24) is 10.2 Å². The molecule has 2 heterocycles. The summed E-state index contributed by atoms with van der Waals surface area (Å²) in [5.41, 5.74) is 2.75. The van der Waals surface area contributed by atoms with Crippen molar-refractivity contribution in [3.8, 4) is 5.75 Å². The maximum Gasteiger partial charge on any atom is 0.418 e. The van der Waals surface area contributed by atoms with Gasteiger partial charge >= 0.3 is 6.09 Å². The molecule has 2 unspecified atom stereocenters. The van der Waals surface area contributed by atoms with Crippen LogP contribution in [-0.2, 0) is 25.3 Å². The molecule has 8 nitrogen and oxygen atoms in total. The van der Waals surface area contributed by atoms with Gasteiger partial charge in [-0.05, 0) is 44.1 Å². The van der Waals surface area contributed by atoms with Gasteiger partial charge in [0.1, 0.15) is 11.6 Å². The maximum absolute atomic E-state index is 14.6. The number of likely N-dealkylation sites (tertiary alicyclic amines) is 1. The molecule has 35 heavy (non-hydrogen) atoms. The Morgan fingerprint density at radius 3 is 2.69 bits per heavy atom. The highest BCUT2D eigenvalue weighted by atomic mass is 35.5. The molecule has 0 aliphatic carbocycles. The number of benzene rings is 2. The van der Waals surface area contributed by atoms with E-state index in [1.165, 1.54) is 11.5 Å². The van der Waals surface area contributed by atoms with E-state index in [-0.39, 0.29) is 16.5 Å². The smallest absolute Gasteiger partial charge is 0.407 e. The van der Waals surface area contributed by atoms with E-state index in [1.54, 1.807) is 19.1 Å². The van der Waals surface area contributed by atoms with Crippen LogP contribution in [-0.4, -0.2) is 38.0 Å². The highest BCUT2D eigenvalue weighted by molar-refractivity contribution is 8.42. The van der Waals surface area contributed by atoms with Crippen LogP contribution >= 0.6 is 11.6 Å². The first-order valence-electron chi connectivity index (χ1n) is 10.5. The van der Waals surface area contributed by atoms with Gasteiger partial charge in [-0.1, -0.05) is 17.7 Å². The number of aliphatic imine (C=N–C) groups is 1. The third-order valence-electron chi connectivity index (χ3n) is 5.39. The van der Waals surface area contributed by atoms with Crippen LogP contribution in [0.4, 0.5) is 19.3 Å². The molecule has 2 aliphatic rings. The van der Waals surface area contributed by atoms with E-state index >= 15 is 0 Å². The number of nitrogens with zero attached hydrogens (tertiary/aromatic N) is 2. The van der Waals surface area contributed by atoms with Gasteiger partial charge in [-0.15, -0.1) is 0 Å². The summed E-state index contributed by atoms with van der Waals surface area (Å²) in [4.78, 5) is 18.1. The van der Waals surface area contributed by atoms with Gasteiger partial charge in [-0.25, -0.2) is 18.6 Å². The third-order valence-corrected chi connectivity index (χ3v) is 8.27. The molecule has 13 heteroatoms. The molecule has 0 spiro atoms. The average molecular weight is 543 g/mol. The standard InChI is InChI=1S/C22H21ClF2N4O4S2/c1-13(15-7-14(3-4-17(15)24)10-29-5-2-6-29)27-19-9-18(25)20(8-16(19)23)33-22(30)28-21-11-34(12-26-21)35(31)32/h3-4,7-9,11-13,27H,2,5-6,10H2,1H3,(H,28,30). The molecule has 0 bridgehead atoms. The molecule has 1 fully saturated rings. The van der Waals surface area contributed by atoms with Crippen molar-refractivity contribution in [3.63, 3.8) is 0 Å². The topological polar surface area (TPSA) is 100 Å². The van der Waals surface area contributed by atoms with Crippen molar-refractivity contribution in [2.75, 3.05) is 18.4 Å². The SMILES string of the molecule is CC(Nc1cc(F)c(OC(=O)NC2=CS(=S(=O)=O)C=N2)cc1Cl)c1cc(CN2CCC2)ccc1F. The number of carbonyl (C=O) groups is 1.